The second-order valence-electron chi connectivity index (χ2n) is 9.06. The van der Waals surface area contributed by atoms with Crippen molar-refractivity contribution in [2.45, 2.75) is 70.7 Å². The molecule has 34 heavy (non-hydrogen) atoms. The quantitative estimate of drug-likeness (QED) is 0.405. The van der Waals surface area contributed by atoms with Gasteiger partial charge in [0.1, 0.15) is 12.2 Å². The standard InChI is InChI=1S/C26H35NO7/c1-26(2,3)34-24(30)15-21(28)14-23(29)22(18-32-16-19-10-6-4-7-11-19)27-25(31)33-17-20-12-8-5-9-13-20/h4-13,21-23,28-29H,14-18H2,1-3H3,(H,27,31)/t21-,22-,23-/m0/s1. The van der Waals surface area contributed by atoms with E-state index in [1.807, 2.05) is 60.7 Å². The number of carbonyl (C=O) groups is 2. The molecule has 0 saturated heterocycles. The number of ether oxygens (including phenoxy) is 3. The predicted octanol–water partition coefficient (Wildman–Crippen LogP) is 3.34. The summed E-state index contributed by atoms with van der Waals surface area (Å²) >= 11 is 0. The van der Waals surface area contributed by atoms with E-state index >= 15 is 0 Å². The molecule has 0 unspecified atom stereocenters. The van der Waals surface area contributed by atoms with E-state index in [1.165, 1.54) is 0 Å². The van der Waals surface area contributed by atoms with Crippen LogP contribution < -0.4 is 5.32 Å². The van der Waals surface area contributed by atoms with Crippen molar-refractivity contribution in [3.05, 3.63) is 71.8 Å². The largest absolute Gasteiger partial charge is 0.460 e. The topological polar surface area (TPSA) is 114 Å². The number of esters is 1. The van der Waals surface area contributed by atoms with Crippen LogP contribution in [0.1, 0.15) is 44.7 Å². The number of benzene rings is 2. The fourth-order valence-electron chi connectivity index (χ4n) is 3.14. The van der Waals surface area contributed by atoms with Gasteiger partial charge >= 0.3 is 12.1 Å². The molecule has 3 N–H and O–H groups in total. The molecule has 0 aliphatic carbocycles. The molecule has 8 nitrogen and oxygen atoms in total. The minimum Gasteiger partial charge on any atom is -0.460 e. The van der Waals surface area contributed by atoms with Crippen LogP contribution in [0.4, 0.5) is 4.79 Å². The summed E-state index contributed by atoms with van der Waals surface area (Å²) in [6.07, 6.45) is -3.49. The Morgan fingerprint density at radius 2 is 1.47 bits per heavy atom. The zero-order chi connectivity index (χ0) is 25.0. The van der Waals surface area contributed by atoms with Crippen molar-refractivity contribution in [3.8, 4) is 0 Å². The first-order valence-corrected chi connectivity index (χ1v) is 11.3. The van der Waals surface area contributed by atoms with Gasteiger partial charge in [0.2, 0.25) is 0 Å². The molecule has 0 aromatic heterocycles. The van der Waals surface area contributed by atoms with E-state index < -0.39 is 35.9 Å². The molecule has 2 rings (SSSR count). The molecule has 0 spiro atoms. The van der Waals surface area contributed by atoms with Crippen LogP contribution in [0.25, 0.3) is 0 Å². The first-order valence-electron chi connectivity index (χ1n) is 11.3. The molecule has 0 saturated carbocycles. The smallest absolute Gasteiger partial charge is 0.407 e. The lowest BCUT2D eigenvalue weighted by molar-refractivity contribution is -0.157. The van der Waals surface area contributed by atoms with Crippen LogP contribution in [0.5, 0.6) is 0 Å². The number of alkyl carbamates (subject to hydrolysis) is 1. The van der Waals surface area contributed by atoms with Crippen LogP contribution in [0.2, 0.25) is 0 Å². The van der Waals surface area contributed by atoms with Crippen molar-refractivity contribution < 1.29 is 34.0 Å². The number of hydrogen-bond acceptors (Lipinski definition) is 7. The van der Waals surface area contributed by atoms with E-state index in [9.17, 15) is 19.8 Å². The molecule has 0 fully saturated rings. The van der Waals surface area contributed by atoms with Crippen molar-refractivity contribution in [3.63, 3.8) is 0 Å². The molecule has 0 aliphatic rings. The van der Waals surface area contributed by atoms with Gasteiger partial charge in [-0.1, -0.05) is 60.7 Å². The van der Waals surface area contributed by atoms with Crippen LogP contribution in [0.3, 0.4) is 0 Å². The highest BCUT2D eigenvalue weighted by Crippen LogP contribution is 2.13. The molecular weight excluding hydrogens is 438 g/mol. The third kappa shape index (κ3) is 11.3. The molecule has 0 heterocycles. The van der Waals surface area contributed by atoms with Crippen LogP contribution >= 0.6 is 0 Å². The number of amides is 1. The monoisotopic (exact) mass is 473 g/mol. The number of carbonyl (C=O) groups excluding carboxylic acids is 2. The third-order valence-corrected chi connectivity index (χ3v) is 4.73. The number of rotatable bonds is 12. The maximum atomic E-state index is 12.3. The maximum absolute atomic E-state index is 12.3. The van der Waals surface area contributed by atoms with E-state index in [0.717, 1.165) is 11.1 Å². The molecule has 2 aromatic carbocycles. The molecule has 8 heteroatoms. The Kier molecular flexibility index (Phi) is 11.0. The van der Waals surface area contributed by atoms with E-state index in [-0.39, 0.29) is 32.7 Å². The number of aliphatic hydroxyl groups is 2. The summed E-state index contributed by atoms with van der Waals surface area (Å²) in [4.78, 5) is 24.3. The lowest BCUT2D eigenvalue weighted by Crippen LogP contribution is -2.47. The highest BCUT2D eigenvalue weighted by atomic mass is 16.6. The van der Waals surface area contributed by atoms with Crippen LogP contribution in [-0.2, 0) is 32.2 Å². The van der Waals surface area contributed by atoms with Gasteiger partial charge in [0.25, 0.3) is 0 Å². The van der Waals surface area contributed by atoms with Crippen LogP contribution in [0, 0.1) is 0 Å². The van der Waals surface area contributed by atoms with E-state index in [2.05, 4.69) is 5.32 Å². The van der Waals surface area contributed by atoms with E-state index in [1.54, 1.807) is 20.8 Å². The second-order valence-corrected chi connectivity index (χ2v) is 9.06. The van der Waals surface area contributed by atoms with Gasteiger partial charge in [-0.3, -0.25) is 4.79 Å². The predicted molar refractivity (Wildman–Crippen MR) is 127 cm³/mol. The van der Waals surface area contributed by atoms with Gasteiger partial charge < -0.3 is 29.7 Å². The number of aliphatic hydroxyl groups excluding tert-OH is 2. The molecular formula is C26H35NO7. The van der Waals surface area contributed by atoms with Crippen molar-refractivity contribution in [2.24, 2.45) is 0 Å². The second kappa shape index (κ2) is 13.7. The Labute approximate surface area is 200 Å². The van der Waals surface area contributed by atoms with Gasteiger partial charge in [0, 0.05) is 6.42 Å². The first kappa shape index (κ1) is 27.3. The third-order valence-electron chi connectivity index (χ3n) is 4.73. The summed E-state index contributed by atoms with van der Waals surface area (Å²) in [5.41, 5.74) is 1.09. The summed E-state index contributed by atoms with van der Waals surface area (Å²) in [7, 11) is 0. The van der Waals surface area contributed by atoms with Gasteiger partial charge in [-0.15, -0.1) is 0 Å². The van der Waals surface area contributed by atoms with Gasteiger partial charge in [0.15, 0.2) is 0 Å². The molecule has 1 amide bonds. The Hall–Kier alpha value is -2.94. The van der Waals surface area contributed by atoms with Crippen molar-refractivity contribution in [1.29, 1.82) is 0 Å². The van der Waals surface area contributed by atoms with Crippen molar-refractivity contribution in [2.75, 3.05) is 6.61 Å². The van der Waals surface area contributed by atoms with E-state index in [0.29, 0.717) is 0 Å². The highest BCUT2D eigenvalue weighted by molar-refractivity contribution is 5.70. The van der Waals surface area contributed by atoms with Gasteiger partial charge in [0.05, 0.1) is 37.9 Å². The summed E-state index contributed by atoms with van der Waals surface area (Å²) in [5, 5.41) is 23.6. The molecule has 3 atom stereocenters. The highest BCUT2D eigenvalue weighted by Gasteiger charge is 2.27. The average molecular weight is 474 g/mol. The normalized spacial score (nSPS) is 14.0. The Morgan fingerprint density at radius 1 is 0.912 bits per heavy atom. The minimum atomic E-state index is -1.18. The summed E-state index contributed by atoms with van der Waals surface area (Å²) in [6, 6.07) is 17.8. The SMILES string of the molecule is CC(C)(C)OC(=O)C[C@@H](O)C[C@H](O)[C@H](COCc1ccccc1)NC(=O)OCc1ccccc1. The zero-order valence-corrected chi connectivity index (χ0v) is 20.0. The van der Waals surface area contributed by atoms with Gasteiger partial charge in [-0.2, -0.15) is 0 Å². The lowest BCUT2D eigenvalue weighted by atomic mass is 10.0. The number of nitrogens with one attached hydrogen (secondary N) is 1. The Morgan fingerprint density at radius 3 is 2.03 bits per heavy atom. The van der Waals surface area contributed by atoms with Crippen molar-refractivity contribution in [1.82, 2.24) is 5.32 Å². The average Bonchev–Trinajstić information content (AvgIpc) is 2.77. The van der Waals surface area contributed by atoms with Gasteiger partial charge in [-0.25, -0.2) is 4.79 Å². The zero-order valence-electron chi connectivity index (χ0n) is 20.0. The fraction of sp³-hybridized carbons (Fsp3) is 0.462. The molecule has 0 aliphatic heterocycles. The summed E-state index contributed by atoms with van der Waals surface area (Å²) < 4.78 is 16.1. The molecule has 2 aromatic rings. The van der Waals surface area contributed by atoms with E-state index in [4.69, 9.17) is 14.2 Å². The summed E-state index contributed by atoms with van der Waals surface area (Å²) in [5.74, 6) is -0.570. The number of hydrogen-bond donors (Lipinski definition) is 3. The van der Waals surface area contributed by atoms with Crippen LogP contribution in [-0.4, -0.2) is 52.7 Å². The Bertz CT molecular complexity index is 868. The first-order chi connectivity index (χ1) is 16.1. The lowest BCUT2D eigenvalue weighted by Gasteiger charge is -2.26. The Balaban J connectivity index is 1.92. The maximum Gasteiger partial charge on any atom is 0.407 e. The van der Waals surface area contributed by atoms with Crippen LogP contribution in [0.15, 0.2) is 60.7 Å². The fourth-order valence-corrected chi connectivity index (χ4v) is 3.14. The molecule has 186 valence electrons. The summed E-state index contributed by atoms with van der Waals surface area (Å²) in [6.45, 7) is 5.54. The molecule has 0 radical (unpaired) electrons. The van der Waals surface area contributed by atoms with Crippen molar-refractivity contribution >= 4 is 12.1 Å². The minimum absolute atomic E-state index is 0.0182. The molecule has 0 bridgehead atoms. The van der Waals surface area contributed by atoms with Gasteiger partial charge in [-0.05, 0) is 31.9 Å².